The molecule has 1 aromatic carbocycles. The van der Waals surface area contributed by atoms with Crippen LogP contribution in [-0.2, 0) is 30.4 Å². The molecule has 4 atom stereocenters. The fourth-order valence-corrected chi connectivity index (χ4v) is 4.30. The Labute approximate surface area is 213 Å². The van der Waals surface area contributed by atoms with Crippen molar-refractivity contribution in [2.24, 2.45) is 17.8 Å². The number of rotatable bonds is 13. The predicted octanol–water partition coefficient (Wildman–Crippen LogP) is 1.50. The largest absolute Gasteiger partial charge is 0.356 e. The van der Waals surface area contributed by atoms with Crippen molar-refractivity contribution in [3.05, 3.63) is 35.9 Å². The lowest BCUT2D eigenvalue weighted by atomic mass is 9.91. The Morgan fingerprint density at radius 2 is 1.72 bits per heavy atom. The second-order valence-electron chi connectivity index (χ2n) is 10.3. The molecule has 36 heavy (non-hydrogen) atoms. The summed E-state index contributed by atoms with van der Waals surface area (Å²) in [7, 11) is 0. The summed E-state index contributed by atoms with van der Waals surface area (Å²) in [5, 5.41) is 11.1. The van der Waals surface area contributed by atoms with Crippen LogP contribution in [0.2, 0.25) is 0 Å². The van der Waals surface area contributed by atoms with Gasteiger partial charge in [-0.15, -0.1) is 0 Å². The van der Waals surface area contributed by atoms with Crippen molar-refractivity contribution in [1.29, 1.82) is 0 Å². The summed E-state index contributed by atoms with van der Waals surface area (Å²) in [4.78, 5) is 62.6. The second kappa shape index (κ2) is 14.4. The third-order valence-electron chi connectivity index (χ3n) is 6.24. The Balaban J connectivity index is 2.03. The first-order valence-electron chi connectivity index (χ1n) is 12.8. The molecule has 1 aromatic rings. The monoisotopic (exact) mass is 500 g/mol. The Morgan fingerprint density at radius 1 is 1.03 bits per heavy atom. The number of carbonyl (C=O) groups is 5. The van der Waals surface area contributed by atoms with Crippen molar-refractivity contribution in [2.75, 3.05) is 6.54 Å². The van der Waals surface area contributed by atoms with Crippen LogP contribution in [0.3, 0.4) is 0 Å². The fourth-order valence-electron chi connectivity index (χ4n) is 4.30. The van der Waals surface area contributed by atoms with Gasteiger partial charge in [0.15, 0.2) is 0 Å². The number of benzene rings is 1. The maximum Gasteiger partial charge on any atom is 0.243 e. The molecule has 198 valence electrons. The van der Waals surface area contributed by atoms with E-state index in [-0.39, 0.29) is 42.4 Å². The Hall–Kier alpha value is -3.23. The second-order valence-corrected chi connectivity index (χ2v) is 10.3. The first-order chi connectivity index (χ1) is 17.1. The summed E-state index contributed by atoms with van der Waals surface area (Å²) in [5.41, 5.74) is 0.835. The predicted molar refractivity (Wildman–Crippen MR) is 137 cm³/mol. The van der Waals surface area contributed by atoms with Crippen LogP contribution in [-0.4, -0.2) is 54.6 Å². The maximum atomic E-state index is 13.2. The highest BCUT2D eigenvalue weighted by molar-refractivity contribution is 5.93. The average Bonchev–Trinajstić information content (AvgIpc) is 2.83. The van der Waals surface area contributed by atoms with Gasteiger partial charge in [-0.25, -0.2) is 0 Å². The average molecular weight is 501 g/mol. The van der Waals surface area contributed by atoms with Gasteiger partial charge in [0.05, 0.1) is 12.5 Å². The normalized spacial score (nSPS) is 18.1. The Kier molecular flexibility index (Phi) is 11.6. The van der Waals surface area contributed by atoms with Crippen LogP contribution in [0.5, 0.6) is 0 Å². The summed E-state index contributed by atoms with van der Waals surface area (Å²) in [5.74, 6) is -1.79. The molecule has 0 spiro atoms. The van der Waals surface area contributed by atoms with E-state index in [1.165, 1.54) is 0 Å². The van der Waals surface area contributed by atoms with Crippen LogP contribution < -0.4 is 21.3 Å². The van der Waals surface area contributed by atoms with Gasteiger partial charge in [0, 0.05) is 12.5 Å². The van der Waals surface area contributed by atoms with Gasteiger partial charge < -0.3 is 26.1 Å². The standard InChI is InChI=1S/C27H40N4O5/c1-17(2)13-22(26(35)29-21(16-32)15-20-11-8-12-28-25(20)34)30-27(36)24(18(3)4)31-23(33)14-19-9-6-5-7-10-19/h5-7,9-10,16-18,20-22,24H,8,11-15H2,1-4H3,(H,28,34)(H,29,35)(H,30,36)(H,31,33)/t20-,21-,22-,24-/m0/s1. The van der Waals surface area contributed by atoms with E-state index in [1.807, 2.05) is 58.0 Å². The fraction of sp³-hybridized carbons (Fsp3) is 0.593. The molecule has 0 radical (unpaired) electrons. The molecule has 9 nitrogen and oxygen atoms in total. The van der Waals surface area contributed by atoms with Gasteiger partial charge in [-0.2, -0.15) is 0 Å². The van der Waals surface area contributed by atoms with Crippen molar-refractivity contribution in [3.8, 4) is 0 Å². The maximum absolute atomic E-state index is 13.2. The van der Waals surface area contributed by atoms with Gasteiger partial charge in [0.1, 0.15) is 18.4 Å². The lowest BCUT2D eigenvalue weighted by Crippen LogP contribution is -2.57. The zero-order chi connectivity index (χ0) is 26.7. The minimum Gasteiger partial charge on any atom is -0.356 e. The van der Waals surface area contributed by atoms with Gasteiger partial charge >= 0.3 is 0 Å². The van der Waals surface area contributed by atoms with Crippen molar-refractivity contribution in [2.45, 2.75) is 77.9 Å². The lowest BCUT2D eigenvalue weighted by Gasteiger charge is -2.28. The number of carbonyl (C=O) groups excluding carboxylic acids is 5. The molecule has 0 aromatic heterocycles. The molecular formula is C27H40N4O5. The number of aldehydes is 1. The molecule has 0 aliphatic carbocycles. The number of amides is 4. The highest BCUT2D eigenvalue weighted by Gasteiger charge is 2.31. The summed E-state index contributed by atoms with van der Waals surface area (Å²) >= 11 is 0. The lowest BCUT2D eigenvalue weighted by molar-refractivity contribution is -0.134. The van der Waals surface area contributed by atoms with Crippen LogP contribution in [0.1, 0.15) is 58.9 Å². The summed E-state index contributed by atoms with van der Waals surface area (Å²) in [6.45, 7) is 8.12. The molecular weight excluding hydrogens is 460 g/mol. The van der Waals surface area contributed by atoms with Gasteiger partial charge in [0.2, 0.25) is 23.6 Å². The van der Waals surface area contributed by atoms with E-state index < -0.39 is 29.9 Å². The van der Waals surface area contributed by atoms with Gasteiger partial charge in [-0.3, -0.25) is 19.2 Å². The number of hydrogen-bond donors (Lipinski definition) is 4. The molecule has 0 unspecified atom stereocenters. The van der Waals surface area contributed by atoms with E-state index in [1.54, 1.807) is 0 Å². The topological polar surface area (TPSA) is 133 Å². The molecule has 2 rings (SSSR count). The summed E-state index contributed by atoms with van der Waals surface area (Å²) < 4.78 is 0. The van der Waals surface area contributed by atoms with Crippen molar-refractivity contribution >= 4 is 29.9 Å². The van der Waals surface area contributed by atoms with Crippen LogP contribution in [0, 0.1) is 17.8 Å². The first-order valence-corrected chi connectivity index (χ1v) is 12.8. The highest BCUT2D eigenvalue weighted by atomic mass is 16.2. The molecule has 1 fully saturated rings. The highest BCUT2D eigenvalue weighted by Crippen LogP contribution is 2.17. The van der Waals surface area contributed by atoms with Crippen molar-refractivity contribution < 1.29 is 24.0 Å². The molecule has 0 bridgehead atoms. The van der Waals surface area contributed by atoms with Crippen molar-refractivity contribution in [1.82, 2.24) is 21.3 Å². The molecule has 9 heteroatoms. The minimum absolute atomic E-state index is 0.0880. The van der Waals surface area contributed by atoms with E-state index in [4.69, 9.17) is 0 Å². The van der Waals surface area contributed by atoms with Gasteiger partial charge in [-0.05, 0) is 43.1 Å². The van der Waals surface area contributed by atoms with E-state index >= 15 is 0 Å². The zero-order valence-electron chi connectivity index (χ0n) is 21.7. The molecule has 1 aliphatic rings. The van der Waals surface area contributed by atoms with E-state index in [2.05, 4.69) is 21.3 Å². The van der Waals surface area contributed by atoms with Crippen LogP contribution in [0.25, 0.3) is 0 Å². The van der Waals surface area contributed by atoms with E-state index in [9.17, 15) is 24.0 Å². The zero-order valence-corrected chi connectivity index (χ0v) is 21.7. The molecule has 4 N–H and O–H groups in total. The number of piperidine rings is 1. The first kappa shape index (κ1) is 29.0. The van der Waals surface area contributed by atoms with Crippen LogP contribution in [0.4, 0.5) is 0 Å². The summed E-state index contributed by atoms with van der Waals surface area (Å²) in [6.07, 6.45) is 2.84. The SMILES string of the molecule is CC(C)C[C@H](NC(=O)[C@@H](NC(=O)Cc1ccccc1)C(C)C)C(=O)N[C@H](C=O)C[C@@H]1CCCNC1=O. The number of nitrogens with one attached hydrogen (secondary N) is 4. The van der Waals surface area contributed by atoms with Gasteiger partial charge in [0.25, 0.3) is 0 Å². The molecule has 1 saturated heterocycles. The third-order valence-corrected chi connectivity index (χ3v) is 6.24. The van der Waals surface area contributed by atoms with Gasteiger partial charge in [-0.1, -0.05) is 58.0 Å². The Morgan fingerprint density at radius 3 is 2.31 bits per heavy atom. The summed E-state index contributed by atoms with van der Waals surface area (Å²) in [6, 6.07) is 6.70. The molecule has 4 amide bonds. The number of hydrogen-bond acceptors (Lipinski definition) is 5. The molecule has 1 heterocycles. The Bertz CT molecular complexity index is 903. The molecule has 1 aliphatic heterocycles. The van der Waals surface area contributed by atoms with Crippen LogP contribution in [0.15, 0.2) is 30.3 Å². The minimum atomic E-state index is -0.882. The third kappa shape index (κ3) is 9.43. The molecule has 0 saturated carbocycles. The smallest absolute Gasteiger partial charge is 0.243 e. The quantitative estimate of drug-likeness (QED) is 0.305. The van der Waals surface area contributed by atoms with Crippen molar-refractivity contribution in [3.63, 3.8) is 0 Å². The van der Waals surface area contributed by atoms with Crippen LogP contribution >= 0.6 is 0 Å². The van der Waals surface area contributed by atoms with E-state index in [0.29, 0.717) is 25.7 Å². The van der Waals surface area contributed by atoms with E-state index in [0.717, 1.165) is 12.0 Å².